The summed E-state index contributed by atoms with van der Waals surface area (Å²) in [5, 5.41) is 0. The summed E-state index contributed by atoms with van der Waals surface area (Å²) >= 11 is 0. The van der Waals surface area contributed by atoms with E-state index in [1.165, 1.54) is 11.6 Å². The van der Waals surface area contributed by atoms with Gasteiger partial charge < -0.3 is 5.73 Å². The van der Waals surface area contributed by atoms with Crippen LogP contribution in [0.1, 0.15) is 24.5 Å². The van der Waals surface area contributed by atoms with Gasteiger partial charge in [0, 0.05) is 5.69 Å². The van der Waals surface area contributed by atoms with Crippen LogP contribution in [0.4, 0.5) is 11.4 Å². The number of sulfonamides is 1. The van der Waals surface area contributed by atoms with Crippen LogP contribution in [-0.2, 0) is 16.4 Å². The number of benzene rings is 2. The Hall–Kier alpha value is -2.01. The summed E-state index contributed by atoms with van der Waals surface area (Å²) in [4.78, 5) is 0.103. The lowest BCUT2D eigenvalue weighted by Crippen LogP contribution is -2.14. The smallest absolute Gasteiger partial charge is 0.263 e. The molecule has 0 amide bonds. The van der Waals surface area contributed by atoms with E-state index in [9.17, 15) is 8.42 Å². The average Bonchev–Trinajstić information content (AvgIpc) is 2.40. The van der Waals surface area contributed by atoms with Gasteiger partial charge in [0.15, 0.2) is 0 Å². The highest BCUT2D eigenvalue weighted by molar-refractivity contribution is 7.92. The van der Waals surface area contributed by atoms with Crippen molar-refractivity contribution in [2.45, 2.75) is 31.6 Å². The minimum absolute atomic E-state index is 0.103. The van der Waals surface area contributed by atoms with Crippen molar-refractivity contribution in [1.29, 1.82) is 0 Å². The molecule has 4 nitrogen and oxygen atoms in total. The van der Waals surface area contributed by atoms with E-state index >= 15 is 0 Å². The van der Waals surface area contributed by atoms with Gasteiger partial charge in [0.1, 0.15) is 4.90 Å². The molecular weight excluding hydrogens is 284 g/mol. The number of rotatable bonds is 5. The molecule has 0 heterocycles. The van der Waals surface area contributed by atoms with Crippen molar-refractivity contribution in [2.24, 2.45) is 0 Å². The summed E-state index contributed by atoms with van der Waals surface area (Å²) in [5.74, 6) is 0. The highest BCUT2D eigenvalue weighted by Crippen LogP contribution is 2.22. The second kappa shape index (κ2) is 6.18. The standard InChI is InChI=1S/C16H20N2O2S/c1-3-4-13-6-8-14(9-7-13)18-21(19,20)16-10-5-12(2)11-15(16)17/h5-11,18H,3-4,17H2,1-2H3. The molecule has 0 aliphatic carbocycles. The van der Waals surface area contributed by atoms with Gasteiger partial charge >= 0.3 is 0 Å². The fraction of sp³-hybridized carbons (Fsp3) is 0.250. The number of anilines is 2. The highest BCUT2D eigenvalue weighted by atomic mass is 32.2. The molecule has 2 aromatic carbocycles. The predicted octanol–water partition coefficient (Wildman–Crippen LogP) is 3.33. The summed E-state index contributed by atoms with van der Waals surface area (Å²) < 4.78 is 27.3. The van der Waals surface area contributed by atoms with Crippen LogP contribution in [0.5, 0.6) is 0 Å². The molecule has 0 aromatic heterocycles. The number of nitrogens with two attached hydrogens (primary N) is 1. The molecule has 0 aliphatic rings. The van der Waals surface area contributed by atoms with Crippen LogP contribution in [0, 0.1) is 6.92 Å². The van der Waals surface area contributed by atoms with Crippen molar-refractivity contribution in [3.05, 3.63) is 53.6 Å². The minimum Gasteiger partial charge on any atom is -0.398 e. The van der Waals surface area contributed by atoms with Crippen molar-refractivity contribution in [3.8, 4) is 0 Å². The molecule has 0 aliphatic heterocycles. The van der Waals surface area contributed by atoms with Crippen LogP contribution in [0.2, 0.25) is 0 Å². The maximum absolute atomic E-state index is 12.4. The molecule has 0 saturated carbocycles. The summed E-state index contributed by atoms with van der Waals surface area (Å²) in [6.07, 6.45) is 2.04. The molecule has 0 spiro atoms. The molecule has 0 fully saturated rings. The van der Waals surface area contributed by atoms with Gasteiger partial charge in [-0.2, -0.15) is 0 Å². The van der Waals surface area contributed by atoms with E-state index in [2.05, 4.69) is 11.6 Å². The zero-order valence-corrected chi connectivity index (χ0v) is 13.1. The predicted molar refractivity (Wildman–Crippen MR) is 86.8 cm³/mol. The van der Waals surface area contributed by atoms with Crippen LogP contribution in [0.15, 0.2) is 47.4 Å². The van der Waals surface area contributed by atoms with Crippen molar-refractivity contribution >= 4 is 21.4 Å². The molecule has 21 heavy (non-hydrogen) atoms. The average molecular weight is 304 g/mol. The quantitative estimate of drug-likeness (QED) is 0.832. The third kappa shape index (κ3) is 3.76. The van der Waals surface area contributed by atoms with Gasteiger partial charge in [-0.25, -0.2) is 8.42 Å². The lowest BCUT2D eigenvalue weighted by atomic mass is 10.1. The fourth-order valence-corrected chi connectivity index (χ4v) is 3.32. The fourth-order valence-electron chi connectivity index (χ4n) is 2.15. The van der Waals surface area contributed by atoms with E-state index in [0.717, 1.165) is 18.4 Å². The summed E-state index contributed by atoms with van der Waals surface area (Å²) in [7, 11) is -3.66. The van der Waals surface area contributed by atoms with Crippen molar-refractivity contribution in [1.82, 2.24) is 0 Å². The lowest BCUT2D eigenvalue weighted by molar-refractivity contribution is 0.601. The van der Waals surface area contributed by atoms with Crippen molar-refractivity contribution in [3.63, 3.8) is 0 Å². The van der Waals surface area contributed by atoms with Gasteiger partial charge in [-0.15, -0.1) is 0 Å². The van der Waals surface area contributed by atoms with E-state index < -0.39 is 10.0 Å². The first-order valence-electron chi connectivity index (χ1n) is 6.90. The summed E-state index contributed by atoms with van der Waals surface area (Å²) in [6.45, 7) is 3.98. The second-order valence-corrected chi connectivity index (χ2v) is 6.74. The Morgan fingerprint density at radius 2 is 1.76 bits per heavy atom. The number of nitrogen functional groups attached to an aromatic ring is 1. The Morgan fingerprint density at radius 1 is 1.10 bits per heavy atom. The molecule has 0 saturated heterocycles. The first kappa shape index (κ1) is 15.4. The molecule has 0 bridgehead atoms. The SMILES string of the molecule is CCCc1ccc(NS(=O)(=O)c2ccc(C)cc2N)cc1. The number of hydrogen-bond acceptors (Lipinski definition) is 3. The second-order valence-electron chi connectivity index (χ2n) is 5.09. The van der Waals surface area contributed by atoms with E-state index in [1.54, 1.807) is 24.3 Å². The minimum atomic E-state index is -3.66. The van der Waals surface area contributed by atoms with E-state index in [4.69, 9.17) is 5.73 Å². The van der Waals surface area contributed by atoms with Gasteiger partial charge in [-0.3, -0.25) is 4.72 Å². The zero-order valence-electron chi connectivity index (χ0n) is 12.3. The third-order valence-corrected chi connectivity index (χ3v) is 4.65. The third-order valence-electron chi connectivity index (χ3n) is 3.20. The van der Waals surface area contributed by atoms with Crippen LogP contribution in [0.25, 0.3) is 0 Å². The Morgan fingerprint density at radius 3 is 2.33 bits per heavy atom. The van der Waals surface area contributed by atoms with E-state index in [1.807, 2.05) is 19.1 Å². The van der Waals surface area contributed by atoms with Crippen molar-refractivity contribution in [2.75, 3.05) is 10.5 Å². The zero-order chi connectivity index (χ0) is 15.5. The number of nitrogens with one attached hydrogen (secondary N) is 1. The Balaban J connectivity index is 2.24. The van der Waals surface area contributed by atoms with Crippen LogP contribution in [0.3, 0.4) is 0 Å². The first-order chi connectivity index (χ1) is 9.92. The molecule has 5 heteroatoms. The largest absolute Gasteiger partial charge is 0.398 e. The molecule has 0 unspecified atom stereocenters. The van der Waals surface area contributed by atoms with Gasteiger partial charge in [0.05, 0.1) is 5.69 Å². The molecule has 0 radical (unpaired) electrons. The molecule has 112 valence electrons. The maximum Gasteiger partial charge on any atom is 0.263 e. The Bertz CT molecular complexity index is 722. The normalized spacial score (nSPS) is 11.3. The monoisotopic (exact) mass is 304 g/mol. The molecule has 3 N–H and O–H groups in total. The molecule has 0 atom stereocenters. The Labute approximate surface area is 126 Å². The van der Waals surface area contributed by atoms with Crippen molar-refractivity contribution < 1.29 is 8.42 Å². The number of aryl methyl sites for hydroxylation is 2. The van der Waals surface area contributed by atoms with Crippen LogP contribution < -0.4 is 10.5 Å². The van der Waals surface area contributed by atoms with Gasteiger partial charge in [0.25, 0.3) is 10.0 Å². The van der Waals surface area contributed by atoms with Gasteiger partial charge in [-0.05, 0) is 48.7 Å². The van der Waals surface area contributed by atoms with Gasteiger partial charge in [0.2, 0.25) is 0 Å². The first-order valence-corrected chi connectivity index (χ1v) is 8.38. The molecule has 2 aromatic rings. The molecular formula is C16H20N2O2S. The van der Waals surface area contributed by atoms with Crippen LogP contribution >= 0.6 is 0 Å². The van der Waals surface area contributed by atoms with Gasteiger partial charge in [-0.1, -0.05) is 31.5 Å². The van der Waals surface area contributed by atoms with E-state index in [-0.39, 0.29) is 10.6 Å². The van der Waals surface area contributed by atoms with E-state index in [0.29, 0.717) is 5.69 Å². The highest BCUT2D eigenvalue weighted by Gasteiger charge is 2.17. The number of hydrogen-bond donors (Lipinski definition) is 2. The lowest BCUT2D eigenvalue weighted by Gasteiger charge is -2.11. The summed E-state index contributed by atoms with van der Waals surface area (Å²) in [6, 6.07) is 12.3. The van der Waals surface area contributed by atoms with Crippen LogP contribution in [-0.4, -0.2) is 8.42 Å². The summed E-state index contributed by atoms with van der Waals surface area (Å²) in [5.41, 5.74) is 8.71. The molecule has 2 rings (SSSR count). The maximum atomic E-state index is 12.4. The Kier molecular flexibility index (Phi) is 4.53. The topological polar surface area (TPSA) is 72.2 Å².